The molecule has 1 amide bonds. The summed E-state index contributed by atoms with van der Waals surface area (Å²) in [6.45, 7) is 3.21. The molecule has 0 spiro atoms. The van der Waals surface area contributed by atoms with Crippen LogP contribution in [0.2, 0.25) is 0 Å². The first-order valence-corrected chi connectivity index (χ1v) is 8.92. The molecule has 0 aliphatic carbocycles. The number of hydrogen-bond acceptors (Lipinski definition) is 5. The lowest BCUT2D eigenvalue weighted by Crippen LogP contribution is -2.40. The molecule has 0 atom stereocenters. The van der Waals surface area contributed by atoms with Crippen LogP contribution in [-0.2, 0) is 17.9 Å². The molecule has 0 fully saturated rings. The summed E-state index contributed by atoms with van der Waals surface area (Å²) in [5.41, 5.74) is 0.689. The summed E-state index contributed by atoms with van der Waals surface area (Å²) in [7, 11) is 0. The van der Waals surface area contributed by atoms with Crippen LogP contribution in [-0.4, -0.2) is 20.8 Å². The Bertz CT molecular complexity index is 1110. The van der Waals surface area contributed by atoms with Crippen LogP contribution in [0.3, 0.4) is 0 Å². The van der Waals surface area contributed by atoms with Gasteiger partial charge < -0.3 is 5.32 Å². The number of aromatic nitrogens is 2. The Kier molecular flexibility index (Phi) is 4.85. The number of rotatable bonds is 5. The van der Waals surface area contributed by atoms with Gasteiger partial charge in [-0.25, -0.2) is 4.79 Å². The highest BCUT2D eigenvalue weighted by Gasteiger charge is 2.15. The van der Waals surface area contributed by atoms with Crippen LogP contribution in [0.4, 0.5) is 5.69 Å². The topological polar surface area (TPSA) is 90.2 Å². The molecule has 1 N–H and O–H groups in total. The van der Waals surface area contributed by atoms with E-state index >= 15 is 0 Å². The lowest BCUT2D eigenvalue weighted by atomic mass is 10.1. The molecule has 1 aromatic carbocycles. The molecule has 0 saturated carbocycles. The second-order valence-electron chi connectivity index (χ2n) is 5.73. The number of Topliss-reactive ketones (excluding diaryl/α,β-unsaturated/α-hetero) is 1. The standard InChI is InChI=1S/C18H17N3O4S/c1-3-20-17(24)16-14(8-9-26-16)21(18(20)25)10-15(23)19-13-6-4-12(5-7-13)11(2)22/h4-9H,3,10H2,1-2H3,(H,19,23). The quantitative estimate of drug-likeness (QED) is 0.696. The predicted octanol–water partition coefficient (Wildman–Crippen LogP) is 2.09. The van der Waals surface area contributed by atoms with Gasteiger partial charge in [-0.2, -0.15) is 0 Å². The molecule has 2 aromatic heterocycles. The number of carbonyl (C=O) groups excluding carboxylic acids is 2. The number of anilines is 1. The highest BCUT2D eigenvalue weighted by Crippen LogP contribution is 2.15. The van der Waals surface area contributed by atoms with Gasteiger partial charge in [-0.15, -0.1) is 11.3 Å². The van der Waals surface area contributed by atoms with E-state index in [0.29, 0.717) is 21.5 Å². The molecule has 0 bridgehead atoms. The van der Waals surface area contributed by atoms with E-state index in [4.69, 9.17) is 0 Å². The van der Waals surface area contributed by atoms with E-state index in [1.54, 1.807) is 42.6 Å². The summed E-state index contributed by atoms with van der Waals surface area (Å²) in [4.78, 5) is 48.5. The molecule has 3 aromatic rings. The Morgan fingerprint density at radius 3 is 2.38 bits per heavy atom. The lowest BCUT2D eigenvalue weighted by molar-refractivity contribution is -0.116. The van der Waals surface area contributed by atoms with E-state index < -0.39 is 11.6 Å². The van der Waals surface area contributed by atoms with E-state index in [2.05, 4.69) is 5.32 Å². The Morgan fingerprint density at radius 2 is 1.77 bits per heavy atom. The second kappa shape index (κ2) is 7.09. The average molecular weight is 371 g/mol. The molecular formula is C18H17N3O4S. The highest BCUT2D eigenvalue weighted by molar-refractivity contribution is 7.17. The summed E-state index contributed by atoms with van der Waals surface area (Å²) < 4.78 is 2.87. The van der Waals surface area contributed by atoms with Gasteiger partial charge in [0.25, 0.3) is 5.56 Å². The van der Waals surface area contributed by atoms with E-state index in [1.807, 2.05) is 0 Å². The van der Waals surface area contributed by atoms with Gasteiger partial charge in [-0.05, 0) is 49.6 Å². The molecular weight excluding hydrogens is 354 g/mol. The molecule has 0 unspecified atom stereocenters. The number of hydrogen-bond donors (Lipinski definition) is 1. The summed E-state index contributed by atoms with van der Waals surface area (Å²) in [6.07, 6.45) is 0. The van der Waals surface area contributed by atoms with E-state index in [0.717, 1.165) is 4.57 Å². The largest absolute Gasteiger partial charge is 0.331 e. The maximum absolute atomic E-state index is 12.6. The zero-order chi connectivity index (χ0) is 18.8. The normalized spacial score (nSPS) is 10.8. The van der Waals surface area contributed by atoms with Crippen molar-refractivity contribution in [1.82, 2.24) is 9.13 Å². The molecule has 0 saturated heterocycles. The van der Waals surface area contributed by atoms with Gasteiger partial charge in [0, 0.05) is 17.8 Å². The average Bonchev–Trinajstić information content (AvgIpc) is 3.09. The van der Waals surface area contributed by atoms with E-state index in [-0.39, 0.29) is 24.4 Å². The summed E-state index contributed by atoms with van der Waals surface area (Å²) in [5, 5.41) is 4.42. The fourth-order valence-electron chi connectivity index (χ4n) is 2.70. The third kappa shape index (κ3) is 3.23. The van der Waals surface area contributed by atoms with Crippen molar-refractivity contribution in [2.75, 3.05) is 5.32 Å². The minimum absolute atomic E-state index is 0.0592. The summed E-state index contributed by atoms with van der Waals surface area (Å²) >= 11 is 1.25. The Morgan fingerprint density at radius 1 is 1.08 bits per heavy atom. The monoisotopic (exact) mass is 371 g/mol. The van der Waals surface area contributed by atoms with Crippen molar-refractivity contribution in [2.24, 2.45) is 0 Å². The molecule has 0 radical (unpaired) electrons. The summed E-state index contributed by atoms with van der Waals surface area (Å²) in [5.74, 6) is -0.451. The van der Waals surface area contributed by atoms with Crippen LogP contribution in [0.1, 0.15) is 24.2 Å². The number of benzene rings is 1. The first-order valence-electron chi connectivity index (χ1n) is 8.04. The van der Waals surface area contributed by atoms with Gasteiger partial charge in [0.05, 0.1) is 5.52 Å². The molecule has 8 heteroatoms. The van der Waals surface area contributed by atoms with Gasteiger partial charge in [0.15, 0.2) is 5.78 Å². The van der Waals surface area contributed by atoms with Gasteiger partial charge in [-0.3, -0.25) is 23.5 Å². The molecule has 0 aliphatic rings. The van der Waals surface area contributed by atoms with Crippen LogP contribution in [0.15, 0.2) is 45.3 Å². The Labute approximate surface area is 152 Å². The van der Waals surface area contributed by atoms with Crippen molar-refractivity contribution < 1.29 is 9.59 Å². The van der Waals surface area contributed by atoms with Gasteiger partial charge in [0.2, 0.25) is 5.91 Å². The molecule has 3 rings (SSSR count). The first kappa shape index (κ1) is 17.8. The van der Waals surface area contributed by atoms with Crippen molar-refractivity contribution >= 4 is 38.9 Å². The van der Waals surface area contributed by atoms with E-state index in [1.165, 1.54) is 22.8 Å². The first-order chi connectivity index (χ1) is 12.4. The van der Waals surface area contributed by atoms with Crippen LogP contribution < -0.4 is 16.6 Å². The number of carbonyl (C=O) groups is 2. The van der Waals surface area contributed by atoms with Gasteiger partial charge >= 0.3 is 5.69 Å². The Balaban J connectivity index is 1.90. The van der Waals surface area contributed by atoms with Crippen molar-refractivity contribution in [3.05, 3.63) is 62.1 Å². The van der Waals surface area contributed by atoms with Gasteiger partial charge in [0.1, 0.15) is 11.2 Å². The fourth-order valence-corrected chi connectivity index (χ4v) is 3.54. The summed E-state index contributed by atoms with van der Waals surface area (Å²) in [6, 6.07) is 8.17. The fraction of sp³-hybridized carbons (Fsp3) is 0.222. The van der Waals surface area contributed by atoms with Crippen molar-refractivity contribution in [2.45, 2.75) is 26.9 Å². The second-order valence-corrected chi connectivity index (χ2v) is 6.65. The van der Waals surface area contributed by atoms with E-state index in [9.17, 15) is 19.2 Å². The zero-order valence-electron chi connectivity index (χ0n) is 14.3. The minimum atomic E-state index is -0.509. The smallest absolute Gasteiger partial charge is 0.325 e. The highest BCUT2D eigenvalue weighted by atomic mass is 32.1. The number of nitrogens with one attached hydrogen (secondary N) is 1. The van der Waals surface area contributed by atoms with Gasteiger partial charge in [-0.1, -0.05) is 0 Å². The molecule has 134 valence electrons. The zero-order valence-corrected chi connectivity index (χ0v) is 15.1. The molecule has 0 aliphatic heterocycles. The van der Waals surface area contributed by atoms with Crippen molar-refractivity contribution in [1.29, 1.82) is 0 Å². The maximum Gasteiger partial charge on any atom is 0.331 e. The third-order valence-electron chi connectivity index (χ3n) is 4.03. The number of fused-ring (bicyclic) bond motifs is 1. The van der Waals surface area contributed by atoms with Crippen molar-refractivity contribution in [3.63, 3.8) is 0 Å². The SMILES string of the molecule is CCn1c(=O)c2sccc2n(CC(=O)Nc2ccc(C(C)=O)cc2)c1=O. The predicted molar refractivity (Wildman–Crippen MR) is 101 cm³/mol. The van der Waals surface area contributed by atoms with Crippen LogP contribution in [0.25, 0.3) is 10.2 Å². The van der Waals surface area contributed by atoms with Crippen molar-refractivity contribution in [3.8, 4) is 0 Å². The number of ketones is 1. The number of thiophene rings is 1. The Hall–Kier alpha value is -3.00. The maximum atomic E-state index is 12.6. The van der Waals surface area contributed by atoms with Crippen LogP contribution >= 0.6 is 11.3 Å². The molecule has 2 heterocycles. The molecule has 7 nitrogen and oxygen atoms in total. The van der Waals surface area contributed by atoms with Crippen LogP contribution in [0, 0.1) is 0 Å². The molecule has 26 heavy (non-hydrogen) atoms. The lowest BCUT2D eigenvalue weighted by Gasteiger charge is -2.11. The van der Waals surface area contributed by atoms with Crippen LogP contribution in [0.5, 0.6) is 0 Å². The minimum Gasteiger partial charge on any atom is -0.325 e. The number of amides is 1. The number of nitrogens with zero attached hydrogens (tertiary/aromatic N) is 2. The third-order valence-corrected chi connectivity index (χ3v) is 4.92.